The lowest BCUT2D eigenvalue weighted by Crippen LogP contribution is -2.34. The minimum atomic E-state index is 0.406. The molecule has 1 aliphatic heterocycles. The van der Waals surface area contributed by atoms with Crippen LogP contribution in [-0.2, 0) is 0 Å². The average Bonchev–Trinajstić information content (AvgIpc) is 2.56. The summed E-state index contributed by atoms with van der Waals surface area (Å²) in [6.45, 7) is 5.23. The van der Waals surface area contributed by atoms with E-state index in [1.807, 2.05) is 11.3 Å². The van der Waals surface area contributed by atoms with Crippen LogP contribution in [0.4, 0.5) is 0 Å². The van der Waals surface area contributed by atoms with Gasteiger partial charge in [-0.3, -0.25) is 4.90 Å². The zero-order valence-electron chi connectivity index (χ0n) is 10.1. The zero-order chi connectivity index (χ0) is 12.3. The number of thiophene rings is 1. The molecule has 1 fully saturated rings. The predicted molar refractivity (Wildman–Crippen MR) is 82.1 cm³/mol. The van der Waals surface area contributed by atoms with E-state index in [2.05, 4.69) is 45.6 Å². The number of aryl methyl sites for hydroxylation is 1. The molecule has 1 aliphatic rings. The van der Waals surface area contributed by atoms with Crippen molar-refractivity contribution in [3.05, 3.63) is 20.3 Å². The van der Waals surface area contributed by atoms with Crippen molar-refractivity contribution >= 4 is 39.0 Å². The smallest absolute Gasteiger partial charge is 0.0565 e. The first kappa shape index (κ1) is 13.9. The number of thioether (sulfide) groups is 1. The van der Waals surface area contributed by atoms with Crippen molar-refractivity contribution in [3.8, 4) is 0 Å². The van der Waals surface area contributed by atoms with Crippen LogP contribution in [0.15, 0.2) is 10.5 Å². The molecular formula is C12H19BrN2S2. The molecule has 0 radical (unpaired) electrons. The second kappa shape index (κ2) is 6.57. The van der Waals surface area contributed by atoms with Gasteiger partial charge in [0.25, 0.3) is 0 Å². The molecule has 2 rings (SSSR count). The fourth-order valence-electron chi connectivity index (χ4n) is 2.17. The van der Waals surface area contributed by atoms with Crippen molar-refractivity contribution < 1.29 is 0 Å². The van der Waals surface area contributed by atoms with Crippen LogP contribution in [0.2, 0.25) is 0 Å². The van der Waals surface area contributed by atoms with E-state index in [0.29, 0.717) is 6.04 Å². The normalized spacial score (nSPS) is 20.2. The van der Waals surface area contributed by atoms with Crippen LogP contribution in [-0.4, -0.2) is 36.0 Å². The zero-order valence-corrected chi connectivity index (χ0v) is 13.3. The maximum atomic E-state index is 5.99. The Bertz CT molecular complexity index is 340. The Morgan fingerprint density at radius 1 is 1.47 bits per heavy atom. The van der Waals surface area contributed by atoms with Gasteiger partial charge >= 0.3 is 0 Å². The van der Waals surface area contributed by atoms with Crippen LogP contribution in [0, 0.1) is 6.92 Å². The van der Waals surface area contributed by atoms with Crippen molar-refractivity contribution in [1.29, 1.82) is 0 Å². The molecule has 0 aromatic carbocycles. The molecular weight excluding hydrogens is 316 g/mol. The number of nitrogens with zero attached hydrogens (tertiary/aromatic N) is 1. The molecule has 2 N–H and O–H groups in total. The van der Waals surface area contributed by atoms with Crippen molar-refractivity contribution in [2.75, 3.05) is 31.1 Å². The molecule has 1 aromatic heterocycles. The average molecular weight is 335 g/mol. The third-order valence-corrected chi connectivity index (χ3v) is 6.41. The molecule has 2 heterocycles. The fourth-order valence-corrected chi connectivity index (χ4v) is 4.78. The molecule has 1 atom stereocenters. The molecule has 1 unspecified atom stereocenters. The topological polar surface area (TPSA) is 29.3 Å². The largest absolute Gasteiger partial charge is 0.329 e. The molecule has 2 nitrogen and oxygen atoms in total. The maximum Gasteiger partial charge on any atom is 0.0565 e. The first-order chi connectivity index (χ1) is 8.22. The van der Waals surface area contributed by atoms with E-state index < -0.39 is 0 Å². The summed E-state index contributed by atoms with van der Waals surface area (Å²) in [5.74, 6) is 2.53. The Balaban J connectivity index is 2.13. The summed E-state index contributed by atoms with van der Waals surface area (Å²) < 4.78 is 1.22. The summed E-state index contributed by atoms with van der Waals surface area (Å²) in [6, 6.07) is 2.65. The third-order valence-electron chi connectivity index (χ3n) is 3.13. The van der Waals surface area contributed by atoms with Gasteiger partial charge in [-0.1, -0.05) is 0 Å². The summed E-state index contributed by atoms with van der Waals surface area (Å²) in [4.78, 5) is 5.31. The highest BCUT2D eigenvalue weighted by atomic mass is 79.9. The van der Waals surface area contributed by atoms with Crippen LogP contribution in [0.3, 0.4) is 0 Å². The van der Waals surface area contributed by atoms with E-state index in [0.717, 1.165) is 6.54 Å². The van der Waals surface area contributed by atoms with Crippen molar-refractivity contribution in [2.45, 2.75) is 19.4 Å². The van der Waals surface area contributed by atoms with E-state index in [1.54, 1.807) is 0 Å². The van der Waals surface area contributed by atoms with Gasteiger partial charge in [0.1, 0.15) is 0 Å². The maximum absolute atomic E-state index is 5.99. The van der Waals surface area contributed by atoms with Gasteiger partial charge in [0.2, 0.25) is 0 Å². The molecule has 5 heteroatoms. The Hall–Kier alpha value is 0.450. The van der Waals surface area contributed by atoms with Crippen LogP contribution in [0.5, 0.6) is 0 Å². The highest BCUT2D eigenvalue weighted by molar-refractivity contribution is 9.10. The van der Waals surface area contributed by atoms with Gasteiger partial charge in [0, 0.05) is 33.1 Å². The molecule has 0 aliphatic carbocycles. The highest BCUT2D eigenvalue weighted by Gasteiger charge is 2.22. The first-order valence-electron chi connectivity index (χ1n) is 6.00. The monoisotopic (exact) mass is 334 g/mol. The van der Waals surface area contributed by atoms with E-state index in [1.165, 1.54) is 45.2 Å². The lowest BCUT2D eigenvalue weighted by molar-refractivity contribution is 0.221. The standard InChI is InChI=1S/C12H19BrN2S2/c1-9-10(13)7-12(17-9)11(8-14)15-3-2-5-16-6-4-15/h7,11H,2-6,8,14H2,1H3. The minimum Gasteiger partial charge on any atom is -0.329 e. The van der Waals surface area contributed by atoms with Crippen LogP contribution < -0.4 is 5.73 Å². The summed E-state index contributed by atoms with van der Waals surface area (Å²) in [7, 11) is 0. The summed E-state index contributed by atoms with van der Waals surface area (Å²) in [5.41, 5.74) is 5.99. The van der Waals surface area contributed by atoms with Gasteiger partial charge in [0.05, 0.1) is 6.04 Å². The second-order valence-corrected chi connectivity index (χ2v) is 7.67. The van der Waals surface area contributed by atoms with Gasteiger partial charge in [-0.2, -0.15) is 11.8 Å². The van der Waals surface area contributed by atoms with Crippen LogP contribution >= 0.6 is 39.0 Å². The van der Waals surface area contributed by atoms with Crippen molar-refractivity contribution in [1.82, 2.24) is 4.90 Å². The Labute approximate surface area is 120 Å². The number of nitrogens with two attached hydrogens (primary N) is 1. The molecule has 96 valence electrons. The van der Waals surface area contributed by atoms with Crippen LogP contribution in [0.1, 0.15) is 22.2 Å². The fraction of sp³-hybridized carbons (Fsp3) is 0.667. The molecule has 0 spiro atoms. The van der Waals surface area contributed by atoms with Gasteiger partial charge in [-0.05, 0) is 47.6 Å². The van der Waals surface area contributed by atoms with Gasteiger partial charge in [0.15, 0.2) is 0 Å². The van der Waals surface area contributed by atoms with E-state index in [9.17, 15) is 0 Å². The van der Waals surface area contributed by atoms with Gasteiger partial charge < -0.3 is 5.73 Å². The quantitative estimate of drug-likeness (QED) is 0.919. The predicted octanol–water partition coefficient (Wildman–Crippen LogP) is 3.26. The molecule has 0 saturated carbocycles. The van der Waals surface area contributed by atoms with Crippen LogP contribution in [0.25, 0.3) is 0 Å². The summed E-state index contributed by atoms with van der Waals surface area (Å²) in [6.07, 6.45) is 1.28. The molecule has 1 aromatic rings. The Morgan fingerprint density at radius 2 is 2.29 bits per heavy atom. The number of hydrogen-bond acceptors (Lipinski definition) is 4. The van der Waals surface area contributed by atoms with E-state index in [4.69, 9.17) is 5.73 Å². The number of rotatable bonds is 3. The summed E-state index contributed by atoms with van der Waals surface area (Å²) in [5, 5.41) is 0. The first-order valence-corrected chi connectivity index (χ1v) is 8.76. The number of halogens is 1. The Kier molecular flexibility index (Phi) is 5.36. The van der Waals surface area contributed by atoms with Crippen molar-refractivity contribution in [3.63, 3.8) is 0 Å². The molecule has 0 amide bonds. The molecule has 0 bridgehead atoms. The SMILES string of the molecule is Cc1sc(C(CN)N2CCCSCC2)cc1Br. The lowest BCUT2D eigenvalue weighted by Gasteiger charge is -2.28. The third kappa shape index (κ3) is 3.47. The van der Waals surface area contributed by atoms with E-state index in [-0.39, 0.29) is 0 Å². The second-order valence-electron chi connectivity index (χ2n) is 4.31. The minimum absolute atomic E-state index is 0.406. The molecule has 17 heavy (non-hydrogen) atoms. The highest BCUT2D eigenvalue weighted by Crippen LogP contribution is 2.33. The molecule has 1 saturated heterocycles. The van der Waals surface area contributed by atoms with Gasteiger partial charge in [-0.15, -0.1) is 11.3 Å². The number of hydrogen-bond donors (Lipinski definition) is 1. The van der Waals surface area contributed by atoms with Crippen molar-refractivity contribution in [2.24, 2.45) is 5.73 Å². The van der Waals surface area contributed by atoms with E-state index >= 15 is 0 Å². The Morgan fingerprint density at radius 3 is 2.94 bits per heavy atom. The summed E-state index contributed by atoms with van der Waals surface area (Å²) >= 11 is 7.53. The van der Waals surface area contributed by atoms with Gasteiger partial charge in [-0.25, -0.2) is 0 Å². The lowest BCUT2D eigenvalue weighted by atomic mass is 10.2.